The van der Waals surface area contributed by atoms with E-state index in [1.54, 1.807) is 13.2 Å². The molecular formula is C25H36O3Si. The lowest BCUT2D eigenvalue weighted by Gasteiger charge is -2.43. The third kappa shape index (κ3) is 5.89. The van der Waals surface area contributed by atoms with Crippen molar-refractivity contribution in [2.45, 2.75) is 57.3 Å². The maximum Gasteiger partial charge on any atom is 0.261 e. The predicted molar refractivity (Wildman–Crippen MR) is 124 cm³/mol. The van der Waals surface area contributed by atoms with E-state index < -0.39 is 14.4 Å². The van der Waals surface area contributed by atoms with Crippen LogP contribution in [0, 0.1) is 0 Å². The SMILES string of the molecule is C=CC[C@H](O)C[C@@H](CCO[Si](c1ccccc1)(c1ccccc1)C(C)(C)C)OC. The van der Waals surface area contributed by atoms with Gasteiger partial charge in [0.05, 0.1) is 12.2 Å². The molecule has 0 aliphatic rings. The molecule has 0 unspecified atom stereocenters. The Balaban J connectivity index is 2.30. The Bertz CT molecular complexity index is 685. The zero-order chi connectivity index (χ0) is 21.3. The standard InChI is InChI=1S/C25H36O3Si/c1-6-13-21(26)20-22(27-5)18-19-28-29(25(2,3)4,23-14-9-7-10-15-23)24-16-11-8-12-17-24/h6-12,14-17,21-22,26H,1,13,18-20H2,2-5H3/t21-,22+/m0/s1. The fourth-order valence-electron chi connectivity index (χ4n) is 4.03. The minimum atomic E-state index is -2.52. The molecule has 2 aromatic rings. The van der Waals surface area contributed by atoms with Gasteiger partial charge in [-0.3, -0.25) is 0 Å². The molecule has 0 aliphatic carbocycles. The zero-order valence-corrected chi connectivity index (χ0v) is 19.3. The van der Waals surface area contributed by atoms with Gasteiger partial charge in [-0.2, -0.15) is 0 Å². The van der Waals surface area contributed by atoms with Gasteiger partial charge in [0.2, 0.25) is 0 Å². The second-order valence-electron chi connectivity index (χ2n) is 8.57. The number of ether oxygens (including phenoxy) is 1. The highest BCUT2D eigenvalue weighted by molar-refractivity contribution is 6.99. The molecule has 0 aromatic heterocycles. The normalized spacial score (nSPS) is 14.4. The van der Waals surface area contributed by atoms with Crippen molar-refractivity contribution in [1.82, 2.24) is 0 Å². The Hall–Kier alpha value is -1.72. The molecule has 0 spiro atoms. The van der Waals surface area contributed by atoms with E-state index in [1.165, 1.54) is 10.4 Å². The smallest absolute Gasteiger partial charge is 0.261 e. The van der Waals surface area contributed by atoms with Gasteiger partial charge < -0.3 is 14.3 Å². The molecule has 2 atom stereocenters. The number of rotatable bonds is 11. The van der Waals surface area contributed by atoms with E-state index in [1.807, 2.05) is 0 Å². The van der Waals surface area contributed by atoms with Crippen molar-refractivity contribution in [3.8, 4) is 0 Å². The summed E-state index contributed by atoms with van der Waals surface area (Å²) in [7, 11) is -0.816. The van der Waals surface area contributed by atoms with Gasteiger partial charge in [-0.1, -0.05) is 87.5 Å². The van der Waals surface area contributed by atoms with Crippen LogP contribution in [-0.4, -0.2) is 39.3 Å². The van der Waals surface area contributed by atoms with Gasteiger partial charge in [-0.25, -0.2) is 0 Å². The summed E-state index contributed by atoms with van der Waals surface area (Å²) in [6, 6.07) is 21.3. The topological polar surface area (TPSA) is 38.7 Å². The van der Waals surface area contributed by atoms with E-state index in [0.29, 0.717) is 19.4 Å². The van der Waals surface area contributed by atoms with Crippen molar-refractivity contribution < 1.29 is 14.3 Å². The van der Waals surface area contributed by atoms with E-state index in [0.717, 1.165) is 6.42 Å². The van der Waals surface area contributed by atoms with Crippen LogP contribution in [0.2, 0.25) is 5.04 Å². The number of hydrogen-bond acceptors (Lipinski definition) is 3. The first-order chi connectivity index (χ1) is 13.8. The van der Waals surface area contributed by atoms with Crippen LogP contribution in [-0.2, 0) is 9.16 Å². The second kappa shape index (κ2) is 10.9. The highest BCUT2D eigenvalue weighted by atomic mass is 28.4. The summed E-state index contributed by atoms with van der Waals surface area (Å²) < 4.78 is 12.5. The van der Waals surface area contributed by atoms with Gasteiger partial charge in [0, 0.05) is 13.7 Å². The molecular weight excluding hydrogens is 376 g/mol. The molecule has 0 radical (unpaired) electrons. The molecule has 0 heterocycles. The third-order valence-electron chi connectivity index (χ3n) is 5.48. The van der Waals surface area contributed by atoms with Crippen molar-refractivity contribution >= 4 is 18.7 Å². The van der Waals surface area contributed by atoms with Gasteiger partial charge >= 0.3 is 0 Å². The molecule has 2 rings (SSSR count). The number of hydrogen-bond donors (Lipinski definition) is 1. The van der Waals surface area contributed by atoms with Crippen LogP contribution in [0.5, 0.6) is 0 Å². The van der Waals surface area contributed by atoms with Crippen LogP contribution in [0.3, 0.4) is 0 Å². The lowest BCUT2D eigenvalue weighted by atomic mass is 10.1. The summed E-state index contributed by atoms with van der Waals surface area (Å²) in [5, 5.41) is 12.6. The molecule has 4 heteroatoms. The van der Waals surface area contributed by atoms with E-state index in [2.05, 4.69) is 88.0 Å². The van der Waals surface area contributed by atoms with Crippen molar-refractivity contribution in [3.63, 3.8) is 0 Å². The quantitative estimate of drug-likeness (QED) is 0.442. The molecule has 29 heavy (non-hydrogen) atoms. The van der Waals surface area contributed by atoms with Crippen molar-refractivity contribution in [2.24, 2.45) is 0 Å². The van der Waals surface area contributed by atoms with Crippen LogP contribution in [0.25, 0.3) is 0 Å². The minimum absolute atomic E-state index is 0.0387. The maximum absolute atomic E-state index is 10.1. The summed E-state index contributed by atoms with van der Waals surface area (Å²) >= 11 is 0. The fraction of sp³-hybridized carbons (Fsp3) is 0.440. The van der Waals surface area contributed by atoms with Crippen LogP contribution in [0.4, 0.5) is 0 Å². The highest BCUT2D eigenvalue weighted by Crippen LogP contribution is 2.36. The fourth-order valence-corrected chi connectivity index (χ4v) is 8.61. The Morgan fingerprint density at radius 3 is 1.93 bits per heavy atom. The Kier molecular flexibility index (Phi) is 8.84. The van der Waals surface area contributed by atoms with Gasteiger partial charge in [0.15, 0.2) is 0 Å². The second-order valence-corrected chi connectivity index (χ2v) is 12.9. The lowest BCUT2D eigenvalue weighted by Crippen LogP contribution is -2.66. The van der Waals surface area contributed by atoms with Crippen LogP contribution in [0.1, 0.15) is 40.0 Å². The summed E-state index contributed by atoms with van der Waals surface area (Å²) in [4.78, 5) is 0. The minimum Gasteiger partial charge on any atom is -0.407 e. The number of aliphatic hydroxyl groups excluding tert-OH is 1. The first kappa shape index (κ1) is 23.6. The largest absolute Gasteiger partial charge is 0.407 e. The van der Waals surface area contributed by atoms with Gasteiger partial charge in [-0.15, -0.1) is 6.58 Å². The first-order valence-electron chi connectivity index (χ1n) is 10.4. The van der Waals surface area contributed by atoms with E-state index in [4.69, 9.17) is 9.16 Å². The molecule has 0 bridgehead atoms. The van der Waals surface area contributed by atoms with Crippen LogP contribution >= 0.6 is 0 Å². The van der Waals surface area contributed by atoms with Crippen LogP contribution < -0.4 is 10.4 Å². The molecule has 0 saturated heterocycles. The molecule has 158 valence electrons. The number of methoxy groups -OCH3 is 1. The average molecular weight is 413 g/mol. The summed E-state index contributed by atoms with van der Waals surface area (Å²) in [5.41, 5.74) is 0. The van der Waals surface area contributed by atoms with E-state index in [9.17, 15) is 5.11 Å². The maximum atomic E-state index is 10.1. The summed E-state index contributed by atoms with van der Waals surface area (Å²) in [6.45, 7) is 11.1. The van der Waals surface area contributed by atoms with Gasteiger partial charge in [0.25, 0.3) is 8.32 Å². The summed E-state index contributed by atoms with van der Waals surface area (Å²) in [6.07, 6.45) is 3.20. The molecule has 3 nitrogen and oxygen atoms in total. The van der Waals surface area contributed by atoms with Crippen LogP contribution in [0.15, 0.2) is 73.3 Å². The Morgan fingerprint density at radius 2 is 1.52 bits per heavy atom. The molecule has 0 amide bonds. The molecule has 1 N–H and O–H groups in total. The zero-order valence-electron chi connectivity index (χ0n) is 18.3. The first-order valence-corrected chi connectivity index (χ1v) is 12.3. The molecule has 0 fully saturated rings. The van der Waals surface area contributed by atoms with Gasteiger partial charge in [0.1, 0.15) is 0 Å². The van der Waals surface area contributed by atoms with E-state index in [-0.39, 0.29) is 11.1 Å². The Morgan fingerprint density at radius 1 is 1.00 bits per heavy atom. The van der Waals surface area contributed by atoms with Crippen molar-refractivity contribution in [1.29, 1.82) is 0 Å². The number of benzene rings is 2. The highest BCUT2D eigenvalue weighted by Gasteiger charge is 2.50. The molecule has 0 aliphatic heterocycles. The lowest BCUT2D eigenvalue weighted by molar-refractivity contribution is 0.0326. The molecule has 2 aromatic carbocycles. The third-order valence-corrected chi connectivity index (χ3v) is 10.5. The number of aliphatic hydroxyl groups is 1. The average Bonchev–Trinajstić information content (AvgIpc) is 2.71. The Labute approximate surface area is 177 Å². The van der Waals surface area contributed by atoms with E-state index >= 15 is 0 Å². The monoisotopic (exact) mass is 412 g/mol. The summed E-state index contributed by atoms with van der Waals surface area (Å²) in [5.74, 6) is 0. The van der Waals surface area contributed by atoms with Crippen molar-refractivity contribution in [2.75, 3.05) is 13.7 Å². The van der Waals surface area contributed by atoms with Gasteiger partial charge in [-0.05, 0) is 34.7 Å². The molecule has 0 saturated carbocycles. The van der Waals surface area contributed by atoms with Crippen molar-refractivity contribution in [3.05, 3.63) is 73.3 Å². The predicted octanol–water partition coefficient (Wildman–Crippen LogP) is 4.30.